The fourth-order valence-corrected chi connectivity index (χ4v) is 2.96. The van der Waals surface area contributed by atoms with Crippen LogP contribution in [0.5, 0.6) is 0 Å². The zero-order valence-corrected chi connectivity index (χ0v) is 11.2. The maximum absolute atomic E-state index is 12.6. The largest absolute Gasteiger partial charge is 0.409 e. The van der Waals surface area contributed by atoms with E-state index < -0.39 is 5.41 Å². The zero-order chi connectivity index (χ0) is 13.3. The van der Waals surface area contributed by atoms with E-state index in [1.54, 1.807) is 0 Å². The van der Waals surface area contributed by atoms with Gasteiger partial charge in [-0.05, 0) is 31.1 Å². The Hall–Kier alpha value is -1.26. The van der Waals surface area contributed by atoms with Gasteiger partial charge in [-0.2, -0.15) is 0 Å². The molecule has 2 rings (SSSR count). The van der Waals surface area contributed by atoms with Crippen LogP contribution in [0.25, 0.3) is 0 Å². The Morgan fingerprint density at radius 2 is 2.06 bits per heavy atom. The molecule has 102 valence electrons. The normalized spacial score (nSPS) is 31.9. The van der Waals surface area contributed by atoms with Crippen molar-refractivity contribution in [2.45, 2.75) is 39.5 Å². The Morgan fingerprint density at radius 1 is 1.39 bits per heavy atom. The number of piperidine rings is 1. The molecule has 2 atom stereocenters. The minimum Gasteiger partial charge on any atom is -0.409 e. The number of amidine groups is 1. The van der Waals surface area contributed by atoms with Crippen LogP contribution in [-0.2, 0) is 4.79 Å². The smallest absolute Gasteiger partial charge is 0.236 e. The Balaban J connectivity index is 2.11. The van der Waals surface area contributed by atoms with Gasteiger partial charge in [0.2, 0.25) is 5.91 Å². The summed E-state index contributed by atoms with van der Waals surface area (Å²) in [5.41, 5.74) is 5.02. The van der Waals surface area contributed by atoms with E-state index in [1.807, 2.05) is 4.90 Å². The van der Waals surface area contributed by atoms with E-state index in [0.717, 1.165) is 25.9 Å². The molecule has 1 aliphatic carbocycles. The molecule has 2 aliphatic rings. The second-order valence-electron chi connectivity index (χ2n) is 5.92. The fourth-order valence-electron chi connectivity index (χ4n) is 2.96. The van der Waals surface area contributed by atoms with Crippen LogP contribution in [0.15, 0.2) is 5.16 Å². The number of nitrogens with zero attached hydrogens (tertiary/aromatic N) is 2. The molecule has 5 heteroatoms. The van der Waals surface area contributed by atoms with Crippen molar-refractivity contribution < 1.29 is 10.0 Å². The van der Waals surface area contributed by atoms with Crippen LogP contribution < -0.4 is 5.73 Å². The Bertz CT molecular complexity index is 363. The SMILES string of the molecule is CC1CCN(C(=O)C2(C(N)=NO)CCC2)CC1C. The topological polar surface area (TPSA) is 78.9 Å². The number of hydrogen-bond donors (Lipinski definition) is 2. The summed E-state index contributed by atoms with van der Waals surface area (Å²) in [6.07, 6.45) is 3.44. The number of nitrogens with two attached hydrogens (primary N) is 1. The first-order valence-electron chi connectivity index (χ1n) is 6.78. The predicted molar refractivity (Wildman–Crippen MR) is 69.2 cm³/mol. The second kappa shape index (κ2) is 4.78. The molecule has 0 aromatic carbocycles. The highest BCUT2D eigenvalue weighted by Crippen LogP contribution is 2.43. The lowest BCUT2D eigenvalue weighted by atomic mass is 9.66. The summed E-state index contributed by atoms with van der Waals surface area (Å²) in [6.45, 7) is 6.00. The number of oxime groups is 1. The Morgan fingerprint density at radius 3 is 2.50 bits per heavy atom. The van der Waals surface area contributed by atoms with E-state index in [-0.39, 0.29) is 11.7 Å². The van der Waals surface area contributed by atoms with Gasteiger partial charge >= 0.3 is 0 Å². The number of hydrogen-bond acceptors (Lipinski definition) is 3. The maximum Gasteiger partial charge on any atom is 0.236 e. The number of rotatable bonds is 2. The molecule has 2 unspecified atom stereocenters. The van der Waals surface area contributed by atoms with Crippen LogP contribution >= 0.6 is 0 Å². The fraction of sp³-hybridized carbons (Fsp3) is 0.846. The zero-order valence-electron chi connectivity index (χ0n) is 11.2. The van der Waals surface area contributed by atoms with Gasteiger partial charge in [-0.1, -0.05) is 25.4 Å². The van der Waals surface area contributed by atoms with E-state index in [2.05, 4.69) is 19.0 Å². The summed E-state index contributed by atoms with van der Waals surface area (Å²) in [5.74, 6) is 1.33. The second-order valence-corrected chi connectivity index (χ2v) is 5.92. The van der Waals surface area contributed by atoms with Gasteiger partial charge in [0.1, 0.15) is 5.41 Å². The molecule has 0 spiro atoms. The van der Waals surface area contributed by atoms with Crippen molar-refractivity contribution in [3.8, 4) is 0 Å². The van der Waals surface area contributed by atoms with E-state index in [9.17, 15) is 4.79 Å². The van der Waals surface area contributed by atoms with Crippen LogP contribution in [0.3, 0.4) is 0 Å². The number of carbonyl (C=O) groups is 1. The third kappa shape index (κ3) is 1.95. The summed E-state index contributed by atoms with van der Waals surface area (Å²) in [5, 5.41) is 11.9. The average Bonchev–Trinajstić information content (AvgIpc) is 2.30. The molecule has 1 saturated carbocycles. The van der Waals surface area contributed by atoms with Gasteiger partial charge in [0.15, 0.2) is 5.84 Å². The maximum atomic E-state index is 12.6. The standard InChI is InChI=1S/C13H23N3O2/c1-9-4-7-16(8-10(9)2)12(17)13(5-3-6-13)11(14)15-18/h9-10,18H,3-8H2,1-2H3,(H2,14,15). The van der Waals surface area contributed by atoms with Crippen LogP contribution in [0.2, 0.25) is 0 Å². The van der Waals surface area contributed by atoms with E-state index in [4.69, 9.17) is 10.9 Å². The van der Waals surface area contributed by atoms with Crippen molar-refractivity contribution >= 4 is 11.7 Å². The van der Waals surface area contributed by atoms with Crippen molar-refractivity contribution in [1.82, 2.24) is 4.90 Å². The van der Waals surface area contributed by atoms with Crippen LogP contribution in [-0.4, -0.2) is 34.9 Å². The van der Waals surface area contributed by atoms with Crippen molar-refractivity contribution in [2.75, 3.05) is 13.1 Å². The molecule has 3 N–H and O–H groups in total. The van der Waals surface area contributed by atoms with Gasteiger partial charge in [-0.3, -0.25) is 4.79 Å². The van der Waals surface area contributed by atoms with Crippen molar-refractivity contribution in [1.29, 1.82) is 0 Å². The van der Waals surface area contributed by atoms with Crippen molar-refractivity contribution in [2.24, 2.45) is 28.1 Å². The minimum absolute atomic E-state index is 0.0581. The molecule has 0 radical (unpaired) electrons. The summed E-state index contributed by atoms with van der Waals surface area (Å²) < 4.78 is 0. The van der Waals surface area contributed by atoms with Gasteiger partial charge < -0.3 is 15.8 Å². The van der Waals surface area contributed by atoms with E-state index >= 15 is 0 Å². The summed E-state index contributed by atoms with van der Waals surface area (Å²) in [4.78, 5) is 14.5. The first-order chi connectivity index (χ1) is 8.51. The van der Waals surface area contributed by atoms with Gasteiger partial charge in [-0.25, -0.2) is 0 Å². The summed E-state index contributed by atoms with van der Waals surface area (Å²) >= 11 is 0. The number of carbonyl (C=O) groups excluding carboxylic acids is 1. The Labute approximate surface area is 108 Å². The third-order valence-corrected chi connectivity index (χ3v) is 4.84. The molecule has 1 aliphatic heterocycles. The van der Waals surface area contributed by atoms with Crippen LogP contribution in [0.1, 0.15) is 39.5 Å². The van der Waals surface area contributed by atoms with E-state index in [0.29, 0.717) is 24.7 Å². The first-order valence-corrected chi connectivity index (χ1v) is 6.78. The quantitative estimate of drug-likeness (QED) is 0.338. The lowest BCUT2D eigenvalue weighted by Crippen LogP contribution is -2.57. The minimum atomic E-state index is -0.713. The predicted octanol–water partition coefficient (Wildman–Crippen LogP) is 1.41. The highest BCUT2D eigenvalue weighted by Gasteiger charge is 2.50. The molecule has 2 fully saturated rings. The lowest BCUT2D eigenvalue weighted by Gasteiger charge is -2.45. The van der Waals surface area contributed by atoms with Crippen LogP contribution in [0.4, 0.5) is 0 Å². The molecule has 0 aromatic rings. The summed E-state index contributed by atoms with van der Waals surface area (Å²) in [7, 11) is 0. The monoisotopic (exact) mass is 253 g/mol. The molecule has 18 heavy (non-hydrogen) atoms. The summed E-state index contributed by atoms with van der Waals surface area (Å²) in [6, 6.07) is 0. The molecule has 1 saturated heterocycles. The van der Waals surface area contributed by atoms with Crippen LogP contribution in [0, 0.1) is 17.3 Å². The van der Waals surface area contributed by atoms with Crippen molar-refractivity contribution in [3.05, 3.63) is 0 Å². The average molecular weight is 253 g/mol. The molecule has 1 heterocycles. The van der Waals surface area contributed by atoms with Gasteiger partial charge in [0.25, 0.3) is 0 Å². The highest BCUT2D eigenvalue weighted by molar-refractivity contribution is 6.07. The van der Waals surface area contributed by atoms with Gasteiger partial charge in [0.05, 0.1) is 0 Å². The molecular formula is C13H23N3O2. The molecule has 1 amide bonds. The van der Waals surface area contributed by atoms with E-state index in [1.165, 1.54) is 0 Å². The first kappa shape index (κ1) is 13.2. The number of amides is 1. The van der Waals surface area contributed by atoms with Crippen molar-refractivity contribution in [3.63, 3.8) is 0 Å². The molecule has 0 aromatic heterocycles. The highest BCUT2D eigenvalue weighted by atomic mass is 16.4. The molecule has 5 nitrogen and oxygen atoms in total. The lowest BCUT2D eigenvalue weighted by molar-refractivity contribution is -0.144. The third-order valence-electron chi connectivity index (χ3n) is 4.84. The van der Waals surface area contributed by atoms with Gasteiger partial charge in [0, 0.05) is 13.1 Å². The molecular weight excluding hydrogens is 230 g/mol. The number of likely N-dealkylation sites (tertiary alicyclic amines) is 1. The Kier molecular flexibility index (Phi) is 3.50. The van der Waals surface area contributed by atoms with Gasteiger partial charge in [-0.15, -0.1) is 0 Å². The molecule has 0 bridgehead atoms.